The van der Waals surface area contributed by atoms with Gasteiger partial charge in [0.2, 0.25) is 0 Å². The molecule has 0 amide bonds. The van der Waals surface area contributed by atoms with Crippen LogP contribution in [0.5, 0.6) is 0 Å². The molecule has 29 heavy (non-hydrogen) atoms. The van der Waals surface area contributed by atoms with E-state index < -0.39 is 5.79 Å². The van der Waals surface area contributed by atoms with Crippen molar-refractivity contribution in [3.63, 3.8) is 0 Å². The average Bonchev–Trinajstić information content (AvgIpc) is 3.01. The molecule has 1 aromatic carbocycles. The predicted octanol–water partition coefficient (Wildman–Crippen LogP) is 4.16. The van der Waals surface area contributed by atoms with Crippen LogP contribution in [0.1, 0.15) is 32.3 Å². The number of benzene rings is 1. The van der Waals surface area contributed by atoms with Gasteiger partial charge in [-0.15, -0.1) is 0 Å². The molecule has 0 bridgehead atoms. The molecular weight excluding hydrogens is 374 g/mol. The average molecular weight is 403 g/mol. The third kappa shape index (κ3) is 8.25. The van der Waals surface area contributed by atoms with Gasteiger partial charge < -0.3 is 18.9 Å². The van der Waals surface area contributed by atoms with Gasteiger partial charge >= 0.3 is 5.97 Å². The maximum absolute atomic E-state index is 11.8. The smallest absolute Gasteiger partial charge is 0.306 e. The topological polar surface area (TPSA) is 103 Å². The van der Waals surface area contributed by atoms with E-state index in [1.807, 2.05) is 56.3 Å². The van der Waals surface area contributed by atoms with E-state index >= 15 is 0 Å². The molecule has 0 radical (unpaired) electrons. The Hall–Kier alpha value is -2.38. The number of azide groups is 1. The van der Waals surface area contributed by atoms with Gasteiger partial charge in [-0.05, 0) is 37.3 Å². The van der Waals surface area contributed by atoms with Crippen molar-refractivity contribution in [3.05, 3.63) is 58.5 Å². The van der Waals surface area contributed by atoms with E-state index in [1.165, 1.54) is 7.11 Å². The van der Waals surface area contributed by atoms with E-state index in [0.29, 0.717) is 19.6 Å². The fraction of sp³-hybridized carbons (Fsp3) is 0.571. The lowest BCUT2D eigenvalue weighted by Crippen LogP contribution is -2.24. The molecule has 158 valence electrons. The molecule has 1 aromatic rings. The maximum atomic E-state index is 11.8. The van der Waals surface area contributed by atoms with Crippen molar-refractivity contribution in [1.82, 2.24) is 0 Å². The highest BCUT2D eigenvalue weighted by atomic mass is 16.7. The van der Waals surface area contributed by atoms with E-state index in [9.17, 15) is 4.79 Å². The number of nitrogens with zero attached hydrogens (tertiary/aromatic N) is 3. The summed E-state index contributed by atoms with van der Waals surface area (Å²) in [5, 5.41) is 3.60. The maximum Gasteiger partial charge on any atom is 0.306 e. The molecule has 1 heterocycles. The van der Waals surface area contributed by atoms with E-state index in [4.69, 9.17) is 24.5 Å². The highest BCUT2D eigenvalue weighted by Gasteiger charge is 2.39. The molecule has 1 fully saturated rings. The van der Waals surface area contributed by atoms with Crippen LogP contribution < -0.4 is 0 Å². The predicted molar refractivity (Wildman–Crippen MR) is 108 cm³/mol. The number of methoxy groups -OCH3 is 1. The molecule has 3 atom stereocenters. The first-order chi connectivity index (χ1) is 13.9. The minimum atomic E-state index is -0.763. The van der Waals surface area contributed by atoms with E-state index in [1.54, 1.807) is 0 Å². The van der Waals surface area contributed by atoms with Gasteiger partial charge in [-0.3, -0.25) is 4.79 Å². The van der Waals surface area contributed by atoms with Crippen molar-refractivity contribution in [3.8, 4) is 0 Å². The number of allylic oxidation sites excluding steroid dienone is 1. The number of carbonyl (C=O) groups excluding carboxylic acids is 1. The largest absolute Gasteiger partial charge is 0.469 e. The van der Waals surface area contributed by atoms with Gasteiger partial charge in [0.1, 0.15) is 6.10 Å². The second-order valence-electron chi connectivity index (χ2n) is 7.30. The third-order valence-corrected chi connectivity index (χ3v) is 4.52. The molecule has 8 nitrogen and oxygen atoms in total. The molecular formula is C21H29N3O5. The van der Waals surface area contributed by atoms with Crippen LogP contribution in [0, 0.1) is 5.92 Å². The summed E-state index contributed by atoms with van der Waals surface area (Å²) < 4.78 is 22.2. The van der Waals surface area contributed by atoms with Crippen LogP contribution >= 0.6 is 0 Å². The molecule has 0 aliphatic carbocycles. The van der Waals surface area contributed by atoms with Crippen molar-refractivity contribution < 1.29 is 23.7 Å². The second-order valence-corrected chi connectivity index (χ2v) is 7.30. The van der Waals surface area contributed by atoms with Gasteiger partial charge in [0, 0.05) is 11.5 Å². The van der Waals surface area contributed by atoms with Gasteiger partial charge in [-0.25, -0.2) is 0 Å². The zero-order chi connectivity index (χ0) is 21.1. The summed E-state index contributed by atoms with van der Waals surface area (Å²) in [6, 6.07) is 9.93. The Morgan fingerprint density at radius 2 is 2.10 bits per heavy atom. The van der Waals surface area contributed by atoms with Crippen molar-refractivity contribution in [2.24, 2.45) is 11.0 Å². The Morgan fingerprint density at radius 1 is 1.34 bits per heavy atom. The van der Waals surface area contributed by atoms with Crippen LogP contribution in [0.4, 0.5) is 0 Å². The summed E-state index contributed by atoms with van der Waals surface area (Å²) in [4.78, 5) is 14.6. The molecule has 2 rings (SSSR count). The van der Waals surface area contributed by atoms with Crippen LogP contribution in [0.2, 0.25) is 0 Å². The Balaban J connectivity index is 1.93. The molecule has 0 saturated carbocycles. The van der Waals surface area contributed by atoms with Crippen LogP contribution in [0.3, 0.4) is 0 Å². The highest BCUT2D eigenvalue weighted by Crippen LogP contribution is 2.29. The second kappa shape index (κ2) is 11.6. The third-order valence-electron chi connectivity index (χ3n) is 4.52. The zero-order valence-corrected chi connectivity index (χ0v) is 17.2. The summed E-state index contributed by atoms with van der Waals surface area (Å²) in [5.41, 5.74) is 9.67. The van der Waals surface area contributed by atoms with Gasteiger partial charge in [-0.1, -0.05) is 47.6 Å². The van der Waals surface area contributed by atoms with Crippen LogP contribution in [0.15, 0.2) is 47.6 Å². The van der Waals surface area contributed by atoms with Crippen molar-refractivity contribution in [1.29, 1.82) is 0 Å². The van der Waals surface area contributed by atoms with Gasteiger partial charge in [0.15, 0.2) is 5.79 Å². The first kappa shape index (κ1) is 22.9. The normalized spacial score (nSPS) is 21.6. The van der Waals surface area contributed by atoms with Crippen LogP contribution in [-0.2, 0) is 30.3 Å². The van der Waals surface area contributed by atoms with Crippen molar-refractivity contribution >= 4 is 5.97 Å². The molecule has 8 heteroatoms. The fourth-order valence-corrected chi connectivity index (χ4v) is 3.11. The fourth-order valence-electron chi connectivity index (χ4n) is 3.11. The van der Waals surface area contributed by atoms with E-state index in [0.717, 1.165) is 5.56 Å². The SMILES string of the molecule is COC(=O)C[C@@H](/C=C/[C@@H]1OC(C)(C)O[C@@H]1CN=[N+]=[N-])CCOCc1ccccc1. The van der Waals surface area contributed by atoms with Crippen LogP contribution in [0.25, 0.3) is 10.4 Å². The molecule has 0 unspecified atom stereocenters. The highest BCUT2D eigenvalue weighted by molar-refractivity contribution is 5.69. The molecule has 1 aliphatic heterocycles. The molecule has 1 saturated heterocycles. The first-order valence-corrected chi connectivity index (χ1v) is 9.67. The summed E-state index contributed by atoms with van der Waals surface area (Å²) in [6.45, 7) is 4.84. The van der Waals surface area contributed by atoms with Gasteiger partial charge in [-0.2, -0.15) is 0 Å². The summed E-state index contributed by atoms with van der Waals surface area (Å²) >= 11 is 0. The number of hydrogen-bond donors (Lipinski definition) is 0. The molecule has 0 spiro atoms. The quantitative estimate of drug-likeness (QED) is 0.138. The summed E-state index contributed by atoms with van der Waals surface area (Å²) in [5.74, 6) is -1.11. The van der Waals surface area contributed by atoms with Gasteiger partial charge in [0.05, 0.1) is 32.8 Å². The number of ether oxygens (including phenoxy) is 4. The van der Waals surface area contributed by atoms with Crippen molar-refractivity contribution in [2.75, 3.05) is 20.3 Å². The number of carbonyl (C=O) groups is 1. The number of hydrogen-bond acceptors (Lipinski definition) is 6. The lowest BCUT2D eigenvalue weighted by Gasteiger charge is -2.16. The van der Waals surface area contributed by atoms with Crippen molar-refractivity contribution in [2.45, 2.75) is 51.3 Å². The Labute approximate surface area is 171 Å². The first-order valence-electron chi connectivity index (χ1n) is 9.67. The zero-order valence-electron chi connectivity index (χ0n) is 17.2. The Kier molecular flexibility index (Phi) is 9.15. The van der Waals surface area contributed by atoms with E-state index in [2.05, 4.69) is 10.0 Å². The minimum absolute atomic E-state index is 0.0642. The monoisotopic (exact) mass is 403 g/mol. The Morgan fingerprint density at radius 3 is 2.79 bits per heavy atom. The lowest BCUT2D eigenvalue weighted by molar-refractivity contribution is -0.142. The van der Waals surface area contributed by atoms with E-state index in [-0.39, 0.29) is 37.1 Å². The molecule has 1 aliphatic rings. The minimum Gasteiger partial charge on any atom is -0.469 e. The van der Waals surface area contributed by atoms with Gasteiger partial charge in [0.25, 0.3) is 0 Å². The summed E-state index contributed by atoms with van der Waals surface area (Å²) in [7, 11) is 1.38. The lowest BCUT2D eigenvalue weighted by atomic mass is 10.00. The summed E-state index contributed by atoms with van der Waals surface area (Å²) in [6.07, 6.45) is 3.99. The number of rotatable bonds is 11. The number of esters is 1. The van der Waals surface area contributed by atoms with Crippen LogP contribution in [-0.4, -0.2) is 44.2 Å². The Bertz CT molecular complexity index is 716. The molecule has 0 aromatic heterocycles. The molecule has 0 N–H and O–H groups in total. The standard InChI is InChI=1S/C21H29N3O5/c1-21(2)28-18(19(29-21)14-23-24-22)10-9-16(13-20(25)26-3)11-12-27-15-17-7-5-4-6-8-17/h4-10,16,18-19H,11-15H2,1-3H3/b10-9+/t16-,18-,19+/m0/s1.